The molecule has 0 saturated heterocycles. The Bertz CT molecular complexity index is 854. The number of hydrogen-bond donors (Lipinski definition) is 2. The van der Waals surface area contributed by atoms with Crippen molar-refractivity contribution in [1.82, 2.24) is 5.32 Å². The topological polar surface area (TPSA) is 101 Å². The number of benzene rings is 2. The molecule has 136 valence electrons. The van der Waals surface area contributed by atoms with Crippen molar-refractivity contribution >= 4 is 34.8 Å². The quantitative estimate of drug-likeness (QED) is 0.595. The Hall–Kier alpha value is -2.93. The number of nitro groups is 1. The average molecular weight is 376 g/mol. The molecule has 0 fully saturated rings. The Morgan fingerprint density at radius 1 is 1.23 bits per heavy atom. The van der Waals surface area contributed by atoms with Crippen molar-refractivity contribution in [3.63, 3.8) is 0 Å². The highest BCUT2D eigenvalue weighted by Gasteiger charge is 2.20. The van der Waals surface area contributed by atoms with E-state index in [2.05, 4.69) is 10.6 Å². The van der Waals surface area contributed by atoms with Gasteiger partial charge in [0.25, 0.3) is 11.6 Å². The maximum atomic E-state index is 12.3. The van der Waals surface area contributed by atoms with Gasteiger partial charge >= 0.3 is 0 Å². The van der Waals surface area contributed by atoms with Crippen LogP contribution in [0, 0.1) is 10.1 Å². The molecular weight excluding hydrogens is 358 g/mol. The molecule has 0 spiro atoms. The van der Waals surface area contributed by atoms with Gasteiger partial charge in [0.15, 0.2) is 0 Å². The van der Waals surface area contributed by atoms with Crippen LogP contribution in [0.15, 0.2) is 42.5 Å². The highest BCUT2D eigenvalue weighted by Crippen LogP contribution is 2.25. The van der Waals surface area contributed by atoms with Crippen LogP contribution in [-0.2, 0) is 11.2 Å². The van der Waals surface area contributed by atoms with E-state index in [-0.39, 0.29) is 22.2 Å². The average Bonchev–Trinajstić information content (AvgIpc) is 2.62. The van der Waals surface area contributed by atoms with Crippen LogP contribution in [0.2, 0.25) is 5.02 Å². The first-order valence-electron chi connectivity index (χ1n) is 7.97. The zero-order valence-electron chi connectivity index (χ0n) is 14.3. The number of nitrogens with one attached hydrogen (secondary N) is 2. The molecule has 0 unspecified atom stereocenters. The molecule has 26 heavy (non-hydrogen) atoms. The highest BCUT2D eigenvalue weighted by molar-refractivity contribution is 6.32. The minimum Gasteiger partial charge on any atom is -0.341 e. The summed E-state index contributed by atoms with van der Waals surface area (Å²) >= 11 is 5.73. The molecule has 0 aromatic heterocycles. The van der Waals surface area contributed by atoms with E-state index in [4.69, 9.17) is 11.6 Å². The summed E-state index contributed by atoms with van der Waals surface area (Å²) < 4.78 is 0. The van der Waals surface area contributed by atoms with Gasteiger partial charge in [-0.15, -0.1) is 0 Å². The van der Waals surface area contributed by atoms with Gasteiger partial charge in [-0.25, -0.2) is 0 Å². The van der Waals surface area contributed by atoms with Gasteiger partial charge in [0.2, 0.25) is 5.91 Å². The Morgan fingerprint density at radius 2 is 1.92 bits per heavy atom. The molecule has 2 amide bonds. The Balaban J connectivity index is 2.08. The summed E-state index contributed by atoms with van der Waals surface area (Å²) in [7, 11) is 0. The Kier molecular flexibility index (Phi) is 6.30. The molecule has 0 heterocycles. The second kappa shape index (κ2) is 8.44. The first kappa shape index (κ1) is 19.4. The zero-order chi connectivity index (χ0) is 19.3. The summed E-state index contributed by atoms with van der Waals surface area (Å²) in [5.41, 5.74) is 1.35. The molecule has 1 atom stereocenters. The maximum absolute atomic E-state index is 12.3. The van der Waals surface area contributed by atoms with Crippen LogP contribution in [0.25, 0.3) is 0 Å². The zero-order valence-corrected chi connectivity index (χ0v) is 15.0. The summed E-state index contributed by atoms with van der Waals surface area (Å²) in [6.45, 7) is 3.51. The first-order chi connectivity index (χ1) is 12.3. The summed E-state index contributed by atoms with van der Waals surface area (Å²) in [6, 6.07) is 10.3. The van der Waals surface area contributed by atoms with Gasteiger partial charge in [-0.05, 0) is 37.1 Å². The largest absolute Gasteiger partial charge is 0.341 e. The number of para-hydroxylation sites is 1. The third-order valence-corrected chi connectivity index (χ3v) is 4.12. The fraction of sp³-hybridized carbons (Fsp3) is 0.222. The number of nitro benzene ring substituents is 1. The van der Waals surface area contributed by atoms with Crippen molar-refractivity contribution in [2.45, 2.75) is 26.3 Å². The number of amides is 2. The normalized spacial score (nSPS) is 11.5. The van der Waals surface area contributed by atoms with E-state index in [1.54, 1.807) is 6.07 Å². The summed E-state index contributed by atoms with van der Waals surface area (Å²) in [5, 5.41) is 16.2. The van der Waals surface area contributed by atoms with E-state index in [0.29, 0.717) is 5.69 Å². The molecule has 2 aromatic carbocycles. The summed E-state index contributed by atoms with van der Waals surface area (Å²) in [5.74, 6) is -0.987. The van der Waals surface area contributed by atoms with Crippen molar-refractivity contribution in [3.05, 3.63) is 68.7 Å². The number of anilines is 1. The molecule has 8 heteroatoms. The van der Waals surface area contributed by atoms with Crippen molar-refractivity contribution in [3.8, 4) is 0 Å². The fourth-order valence-corrected chi connectivity index (χ4v) is 2.52. The summed E-state index contributed by atoms with van der Waals surface area (Å²) in [6.07, 6.45) is 0.756. The van der Waals surface area contributed by atoms with Crippen molar-refractivity contribution < 1.29 is 14.5 Å². The van der Waals surface area contributed by atoms with Gasteiger partial charge in [-0.2, -0.15) is 0 Å². The lowest BCUT2D eigenvalue weighted by Crippen LogP contribution is -2.41. The van der Waals surface area contributed by atoms with Crippen molar-refractivity contribution in [1.29, 1.82) is 0 Å². The number of aryl methyl sites for hydroxylation is 1. The van der Waals surface area contributed by atoms with Gasteiger partial charge in [0, 0.05) is 17.3 Å². The number of carbonyl (C=O) groups excluding carboxylic acids is 2. The standard InChI is InChI=1S/C18H18ClN3O4/c1-3-12-6-4-5-7-15(12)21-17(23)11(2)20-18(24)13-8-9-14(19)16(10-13)22(25)26/h4-11H,3H2,1-2H3,(H,20,24)(H,21,23)/t11-/m0/s1. The molecular formula is C18H18ClN3O4. The maximum Gasteiger partial charge on any atom is 0.288 e. The number of halogens is 1. The highest BCUT2D eigenvalue weighted by atomic mass is 35.5. The van der Waals surface area contributed by atoms with Crippen LogP contribution < -0.4 is 10.6 Å². The molecule has 0 radical (unpaired) electrons. The molecule has 2 aromatic rings. The Morgan fingerprint density at radius 3 is 2.58 bits per heavy atom. The monoisotopic (exact) mass is 375 g/mol. The minimum absolute atomic E-state index is 0.0507. The second-order valence-corrected chi connectivity index (χ2v) is 6.03. The molecule has 2 rings (SSSR count). The molecule has 7 nitrogen and oxygen atoms in total. The van der Waals surface area contributed by atoms with Crippen LogP contribution in [-0.4, -0.2) is 22.8 Å². The number of hydrogen-bond acceptors (Lipinski definition) is 4. The van der Waals surface area contributed by atoms with E-state index >= 15 is 0 Å². The van der Waals surface area contributed by atoms with Crippen LogP contribution >= 0.6 is 11.6 Å². The van der Waals surface area contributed by atoms with Crippen LogP contribution in [0.3, 0.4) is 0 Å². The summed E-state index contributed by atoms with van der Waals surface area (Å²) in [4.78, 5) is 34.8. The number of carbonyl (C=O) groups is 2. The van der Waals surface area contributed by atoms with Crippen LogP contribution in [0.5, 0.6) is 0 Å². The minimum atomic E-state index is -0.831. The SMILES string of the molecule is CCc1ccccc1NC(=O)[C@H](C)NC(=O)c1ccc(Cl)c([N+](=O)[O-])c1. The number of nitrogens with zero attached hydrogens (tertiary/aromatic N) is 1. The Labute approximate surface area is 155 Å². The smallest absolute Gasteiger partial charge is 0.288 e. The van der Waals surface area contributed by atoms with Crippen LogP contribution in [0.4, 0.5) is 11.4 Å². The molecule has 0 bridgehead atoms. The van der Waals surface area contributed by atoms with Gasteiger partial charge in [-0.3, -0.25) is 19.7 Å². The van der Waals surface area contributed by atoms with E-state index in [9.17, 15) is 19.7 Å². The molecule has 0 aliphatic carbocycles. The van der Waals surface area contributed by atoms with Crippen molar-refractivity contribution in [2.75, 3.05) is 5.32 Å². The molecule has 0 aliphatic heterocycles. The van der Waals surface area contributed by atoms with E-state index < -0.39 is 16.9 Å². The van der Waals surface area contributed by atoms with E-state index in [1.165, 1.54) is 19.1 Å². The third-order valence-electron chi connectivity index (χ3n) is 3.80. The number of rotatable bonds is 6. The lowest BCUT2D eigenvalue weighted by atomic mass is 10.1. The van der Waals surface area contributed by atoms with E-state index in [0.717, 1.165) is 18.1 Å². The van der Waals surface area contributed by atoms with Crippen molar-refractivity contribution in [2.24, 2.45) is 0 Å². The third kappa shape index (κ3) is 4.58. The lowest BCUT2D eigenvalue weighted by molar-refractivity contribution is -0.384. The lowest BCUT2D eigenvalue weighted by Gasteiger charge is -2.16. The first-order valence-corrected chi connectivity index (χ1v) is 8.34. The molecule has 0 aliphatic rings. The predicted molar refractivity (Wildman–Crippen MR) is 99.5 cm³/mol. The predicted octanol–water partition coefficient (Wildman–Crippen LogP) is 3.57. The van der Waals surface area contributed by atoms with Gasteiger partial charge in [0.1, 0.15) is 11.1 Å². The van der Waals surface area contributed by atoms with Crippen LogP contribution in [0.1, 0.15) is 29.8 Å². The van der Waals surface area contributed by atoms with Gasteiger partial charge in [0.05, 0.1) is 4.92 Å². The second-order valence-electron chi connectivity index (χ2n) is 5.62. The van der Waals surface area contributed by atoms with E-state index in [1.807, 2.05) is 25.1 Å². The fourth-order valence-electron chi connectivity index (χ4n) is 2.33. The van der Waals surface area contributed by atoms with Gasteiger partial charge < -0.3 is 10.6 Å². The van der Waals surface area contributed by atoms with Gasteiger partial charge in [-0.1, -0.05) is 36.7 Å². The molecule has 2 N–H and O–H groups in total. The molecule has 0 saturated carbocycles.